The first-order chi connectivity index (χ1) is 37.0. The van der Waals surface area contributed by atoms with E-state index < -0.39 is 24.0 Å². The van der Waals surface area contributed by atoms with E-state index in [9.17, 15) is 29.4 Å². The third kappa shape index (κ3) is 24.1. The van der Waals surface area contributed by atoms with Gasteiger partial charge in [0.25, 0.3) is 0 Å². The molecule has 20 heteroatoms. The van der Waals surface area contributed by atoms with Crippen molar-refractivity contribution in [2.45, 2.75) is 88.9 Å². The van der Waals surface area contributed by atoms with Crippen molar-refractivity contribution in [1.29, 1.82) is 0 Å². The molecular weight excluding hydrogens is 979 g/mol. The molecule has 0 aromatic heterocycles. The molecule has 412 valence electrons. The summed E-state index contributed by atoms with van der Waals surface area (Å²) in [5, 5.41) is 37.7. The van der Waals surface area contributed by atoms with E-state index in [1.54, 1.807) is 72.8 Å². The van der Waals surface area contributed by atoms with Crippen LogP contribution in [0.3, 0.4) is 0 Å². The van der Waals surface area contributed by atoms with E-state index in [4.69, 9.17) is 44.9 Å². The lowest BCUT2D eigenvalue weighted by molar-refractivity contribution is -0.144. The highest BCUT2D eigenvalue weighted by molar-refractivity contribution is 5.83. The maximum absolute atomic E-state index is 12.2. The molecule has 6 aromatic rings. The molecule has 0 spiro atoms. The summed E-state index contributed by atoms with van der Waals surface area (Å²) in [7, 11) is 0. The fraction of sp³-hybridized carbons (Fsp3) is 0.298. The molecule has 4 atom stereocenters. The lowest BCUT2D eigenvalue weighted by Gasteiger charge is -2.19. The minimum Gasteiger partial charge on any atom is -0.480 e. The van der Waals surface area contributed by atoms with Crippen LogP contribution < -0.4 is 72.0 Å². The zero-order valence-corrected chi connectivity index (χ0v) is 43.6. The van der Waals surface area contributed by atoms with Crippen LogP contribution in [0.5, 0.6) is 0 Å². The molecule has 4 unspecified atom stereocenters. The number of benzene rings is 6. The minimum absolute atomic E-state index is 0.226. The molecule has 0 heterocycles. The fourth-order valence-corrected chi connectivity index (χ4v) is 7.55. The Kier molecular flexibility index (Phi) is 25.8. The van der Waals surface area contributed by atoms with Gasteiger partial charge in [-0.1, -0.05) is 0 Å². The Morgan fingerprint density at radius 1 is 0.390 bits per heavy atom. The highest BCUT2D eigenvalue weighted by Gasteiger charge is 2.22. The number of carboxylic acids is 2. The number of anilines is 12. The Labute approximate surface area is 450 Å². The Bertz CT molecular complexity index is 2600. The number of hydrogen-bond donors (Lipinski definition) is 15. The summed E-state index contributed by atoms with van der Waals surface area (Å²) in [6.07, 6.45) is 6.04. The molecule has 0 aliphatic rings. The van der Waals surface area contributed by atoms with Gasteiger partial charge in [0, 0.05) is 81.3 Å². The first-order valence-electron chi connectivity index (χ1n) is 25.6. The molecule has 0 aliphatic heterocycles. The van der Waals surface area contributed by atoms with Gasteiger partial charge in [0.05, 0.1) is 6.61 Å². The second-order valence-corrected chi connectivity index (χ2v) is 18.1. The zero-order chi connectivity index (χ0) is 56.0. The quantitative estimate of drug-likeness (QED) is 0.0119. The topological polar surface area (TPSA) is 372 Å². The summed E-state index contributed by atoms with van der Waals surface area (Å²) in [5.74, 6) is -2.57. The molecule has 1 amide bonds. The van der Waals surface area contributed by atoms with Gasteiger partial charge < -0.3 is 87.0 Å². The largest absolute Gasteiger partial charge is 0.480 e. The van der Waals surface area contributed by atoms with Gasteiger partial charge in [-0.3, -0.25) is 4.79 Å². The van der Waals surface area contributed by atoms with Crippen LogP contribution in [0.4, 0.5) is 68.2 Å². The number of rotatable bonds is 29. The smallest absolute Gasteiger partial charge is 0.328 e. The van der Waals surface area contributed by atoms with E-state index in [0.29, 0.717) is 60.0 Å². The molecule has 0 saturated heterocycles. The normalized spacial score (nSPS) is 12.0. The highest BCUT2D eigenvalue weighted by Crippen LogP contribution is 2.20. The Hall–Kier alpha value is -9.20. The molecule has 6 rings (SSSR count). The summed E-state index contributed by atoms with van der Waals surface area (Å²) < 4.78 is 5.18. The molecule has 0 fully saturated rings. The van der Waals surface area contributed by atoms with Crippen molar-refractivity contribution in [3.63, 3.8) is 0 Å². The van der Waals surface area contributed by atoms with Crippen LogP contribution >= 0.6 is 0 Å². The number of carbonyl (C=O) groups is 4. The predicted molar refractivity (Wildman–Crippen MR) is 314 cm³/mol. The summed E-state index contributed by atoms with van der Waals surface area (Å²) in [4.78, 5) is 46.7. The maximum Gasteiger partial charge on any atom is 0.328 e. The first-order valence-corrected chi connectivity index (χ1v) is 25.6. The summed E-state index contributed by atoms with van der Waals surface area (Å²) >= 11 is 0. The second kappa shape index (κ2) is 32.9. The van der Waals surface area contributed by atoms with Crippen LogP contribution in [-0.4, -0.2) is 77.9 Å². The van der Waals surface area contributed by atoms with Gasteiger partial charge >= 0.3 is 17.9 Å². The van der Waals surface area contributed by atoms with Gasteiger partial charge in [0.15, 0.2) is 0 Å². The second-order valence-electron chi connectivity index (χ2n) is 18.1. The van der Waals surface area contributed by atoms with Crippen molar-refractivity contribution in [3.8, 4) is 0 Å². The van der Waals surface area contributed by atoms with Crippen LogP contribution in [0, 0.1) is 0 Å². The minimum atomic E-state index is -0.995. The van der Waals surface area contributed by atoms with E-state index >= 15 is 0 Å². The Morgan fingerprint density at radius 3 is 0.935 bits per heavy atom. The van der Waals surface area contributed by atoms with Crippen molar-refractivity contribution in [1.82, 2.24) is 0 Å². The number of esters is 1. The van der Waals surface area contributed by atoms with E-state index in [-0.39, 0.29) is 36.8 Å². The van der Waals surface area contributed by atoms with Crippen LogP contribution in [0.15, 0.2) is 146 Å². The third-order valence-electron chi connectivity index (χ3n) is 11.8. The number of primary amides is 1. The average Bonchev–Trinajstić information content (AvgIpc) is 3.40. The van der Waals surface area contributed by atoms with E-state index in [1.165, 1.54) is 0 Å². The standard InChI is InChI=1S/C20H28N4O2.C19H24N4O4.C18H25N5O/c1-2-26-20(25)19(24-18-12-8-16(22)9-13-18)5-3-4-14-23-17-10-6-15(21)7-11-17;20-12-4-8-14(9-5-12)22-16(18(24)25)2-1-3-17(19(26)27)23-15-10-6-13(21)7-11-15;19-13-4-8-15(9-5-13)22-12-2-1-3-17(18(21)24)23-16-10-6-14(20)7-11-16/h6-13,19,23-24H,2-5,14,21-22H2,1H3;4-11,16-17,22-23H,1-3,20-21H2,(H,24,25)(H,26,27);4-11,17,22-23H,1-3,12,19-20H2,(H2,21,24). The van der Waals surface area contributed by atoms with Crippen molar-refractivity contribution >= 4 is 92.1 Å². The molecule has 0 saturated carbocycles. The molecule has 6 aromatic carbocycles. The monoisotopic (exact) mass is 1060 g/mol. The number of nitrogens with one attached hydrogen (secondary N) is 6. The van der Waals surface area contributed by atoms with Crippen LogP contribution in [0.2, 0.25) is 0 Å². The molecule has 0 bridgehead atoms. The van der Waals surface area contributed by atoms with E-state index in [0.717, 1.165) is 72.9 Å². The summed E-state index contributed by atoms with van der Waals surface area (Å²) in [5.41, 5.74) is 48.5. The third-order valence-corrected chi connectivity index (χ3v) is 11.8. The van der Waals surface area contributed by atoms with Crippen molar-refractivity contribution in [2.24, 2.45) is 5.73 Å². The molecule has 22 N–H and O–H groups in total. The van der Waals surface area contributed by atoms with Crippen LogP contribution in [0.25, 0.3) is 0 Å². The van der Waals surface area contributed by atoms with Gasteiger partial charge in [0.2, 0.25) is 5.91 Å². The van der Waals surface area contributed by atoms with Crippen molar-refractivity contribution in [3.05, 3.63) is 146 Å². The Balaban J connectivity index is 0.000000250. The van der Waals surface area contributed by atoms with Gasteiger partial charge in [-0.05, 0) is 210 Å². The van der Waals surface area contributed by atoms with E-state index in [1.807, 2.05) is 79.7 Å². The lowest BCUT2D eigenvalue weighted by Crippen LogP contribution is -2.35. The van der Waals surface area contributed by atoms with Gasteiger partial charge in [0.1, 0.15) is 24.2 Å². The predicted octanol–water partition coefficient (Wildman–Crippen LogP) is 8.33. The number of carboxylic acid groups (broad SMARTS) is 2. The molecule has 0 radical (unpaired) electrons. The average molecular weight is 1060 g/mol. The number of hydrogen-bond acceptors (Lipinski definition) is 17. The Morgan fingerprint density at radius 2 is 0.649 bits per heavy atom. The molecular formula is C57H77N13O7. The summed E-state index contributed by atoms with van der Waals surface area (Å²) in [6.45, 7) is 3.85. The molecule has 0 aliphatic carbocycles. The first kappa shape index (κ1) is 60.4. The van der Waals surface area contributed by atoms with Crippen LogP contribution in [0.1, 0.15) is 64.7 Å². The number of nitrogens with two attached hydrogens (primary N) is 7. The van der Waals surface area contributed by atoms with Gasteiger partial charge in [-0.25, -0.2) is 14.4 Å². The molecule has 20 nitrogen and oxygen atoms in total. The fourth-order valence-electron chi connectivity index (χ4n) is 7.55. The van der Waals surface area contributed by atoms with Crippen molar-refractivity contribution in [2.75, 3.05) is 86.0 Å². The van der Waals surface area contributed by atoms with E-state index in [2.05, 4.69) is 31.9 Å². The number of ether oxygens (including phenoxy) is 1. The lowest BCUT2D eigenvalue weighted by atomic mass is 10.0. The number of amides is 1. The van der Waals surface area contributed by atoms with Gasteiger partial charge in [-0.2, -0.15) is 0 Å². The SMILES string of the molecule is CCOC(=O)C(CCCCNc1ccc(N)cc1)Nc1ccc(N)cc1.NC(=O)C(CCCCNc1ccc(N)cc1)Nc1ccc(N)cc1.Nc1ccc(NC(CCCC(Nc2ccc(N)cc2)C(=O)O)C(=O)O)cc1. The summed E-state index contributed by atoms with van der Waals surface area (Å²) in [6, 6.07) is 41.0. The molecule has 77 heavy (non-hydrogen) atoms. The number of unbranched alkanes of at least 4 members (excludes halogenated alkanes) is 2. The zero-order valence-electron chi connectivity index (χ0n) is 43.6. The van der Waals surface area contributed by atoms with Crippen molar-refractivity contribution < 1.29 is 34.1 Å². The number of aliphatic carboxylic acids is 2. The van der Waals surface area contributed by atoms with Crippen LogP contribution in [-0.2, 0) is 23.9 Å². The number of carbonyl (C=O) groups excluding carboxylic acids is 2. The van der Waals surface area contributed by atoms with Gasteiger partial charge in [-0.15, -0.1) is 0 Å². The highest BCUT2D eigenvalue weighted by atomic mass is 16.5. The maximum atomic E-state index is 12.2. The number of nitrogen functional groups attached to an aromatic ring is 6.